The minimum atomic E-state index is 0.241. The van der Waals surface area contributed by atoms with Gasteiger partial charge in [-0.15, -0.1) is 0 Å². The van der Waals surface area contributed by atoms with Gasteiger partial charge in [-0.3, -0.25) is 4.79 Å². The fourth-order valence-electron chi connectivity index (χ4n) is 3.83. The maximum absolute atomic E-state index is 11.8. The molecule has 0 aromatic carbocycles. The van der Waals surface area contributed by atoms with Crippen molar-refractivity contribution in [1.82, 2.24) is 10.6 Å². The summed E-state index contributed by atoms with van der Waals surface area (Å²) in [4.78, 5) is 11.8. The summed E-state index contributed by atoms with van der Waals surface area (Å²) in [6.45, 7) is 8.48. The molecule has 0 spiro atoms. The van der Waals surface area contributed by atoms with Crippen LogP contribution < -0.4 is 10.6 Å². The number of hydrogen-bond acceptors (Lipinski definition) is 2. The van der Waals surface area contributed by atoms with Crippen LogP contribution in [-0.4, -0.2) is 25.0 Å². The molecule has 0 rings (SSSR count). The van der Waals surface area contributed by atoms with E-state index in [2.05, 4.69) is 31.4 Å². The molecule has 168 valence electrons. The summed E-state index contributed by atoms with van der Waals surface area (Å²) in [5.41, 5.74) is 0. The monoisotopic (exact) mass is 396 g/mol. The number of amides is 1. The first kappa shape index (κ1) is 27.4. The van der Waals surface area contributed by atoms with Crippen molar-refractivity contribution < 1.29 is 4.79 Å². The van der Waals surface area contributed by atoms with Gasteiger partial charge >= 0.3 is 0 Å². The highest BCUT2D eigenvalue weighted by atomic mass is 16.1. The summed E-state index contributed by atoms with van der Waals surface area (Å²) in [7, 11) is 0. The summed E-state index contributed by atoms with van der Waals surface area (Å²) >= 11 is 0. The maximum atomic E-state index is 11.8. The van der Waals surface area contributed by atoms with Crippen molar-refractivity contribution in [2.24, 2.45) is 0 Å². The molecule has 0 saturated carbocycles. The van der Waals surface area contributed by atoms with E-state index in [9.17, 15) is 4.79 Å². The average molecular weight is 397 g/mol. The summed E-state index contributed by atoms with van der Waals surface area (Å²) < 4.78 is 0. The number of carbonyl (C=O) groups is 1. The molecule has 0 aliphatic heterocycles. The van der Waals surface area contributed by atoms with Crippen molar-refractivity contribution >= 4 is 5.91 Å². The van der Waals surface area contributed by atoms with E-state index >= 15 is 0 Å². The van der Waals surface area contributed by atoms with Crippen LogP contribution in [0.3, 0.4) is 0 Å². The second-order valence-corrected chi connectivity index (χ2v) is 8.65. The van der Waals surface area contributed by atoms with Crippen LogP contribution >= 0.6 is 0 Å². The fraction of sp³-hybridized carbons (Fsp3) is 0.960. The second kappa shape index (κ2) is 22.7. The van der Waals surface area contributed by atoms with Crippen LogP contribution in [0.4, 0.5) is 0 Å². The lowest BCUT2D eigenvalue weighted by Gasteiger charge is -2.12. The third kappa shape index (κ3) is 21.7. The zero-order chi connectivity index (χ0) is 20.7. The van der Waals surface area contributed by atoms with Gasteiger partial charge in [0.1, 0.15) is 0 Å². The Balaban J connectivity index is 3.17. The summed E-state index contributed by atoms with van der Waals surface area (Å²) in [5, 5.41) is 6.47. The van der Waals surface area contributed by atoms with Gasteiger partial charge in [0, 0.05) is 19.0 Å². The zero-order valence-corrected chi connectivity index (χ0v) is 19.6. The highest BCUT2D eigenvalue weighted by Gasteiger charge is 2.02. The van der Waals surface area contributed by atoms with E-state index in [-0.39, 0.29) is 5.91 Å². The molecular weight excluding hydrogens is 344 g/mol. The van der Waals surface area contributed by atoms with Crippen LogP contribution in [0.2, 0.25) is 0 Å². The van der Waals surface area contributed by atoms with E-state index in [0.717, 1.165) is 32.4 Å². The van der Waals surface area contributed by atoms with Crippen LogP contribution in [0.1, 0.15) is 136 Å². The summed E-state index contributed by atoms with van der Waals surface area (Å²) in [6, 6.07) is 0.553. The highest BCUT2D eigenvalue weighted by molar-refractivity contribution is 5.75. The molecule has 0 aromatic rings. The van der Waals surface area contributed by atoms with Crippen molar-refractivity contribution in [3.05, 3.63) is 0 Å². The topological polar surface area (TPSA) is 41.1 Å². The first-order chi connectivity index (χ1) is 13.7. The molecule has 0 bridgehead atoms. The van der Waals surface area contributed by atoms with E-state index in [0.29, 0.717) is 12.5 Å². The van der Waals surface area contributed by atoms with E-state index < -0.39 is 0 Å². The molecule has 0 saturated heterocycles. The van der Waals surface area contributed by atoms with E-state index in [1.165, 1.54) is 89.9 Å². The Morgan fingerprint density at radius 3 is 1.61 bits per heavy atom. The van der Waals surface area contributed by atoms with Gasteiger partial charge in [0.25, 0.3) is 0 Å². The van der Waals surface area contributed by atoms with Gasteiger partial charge in [0.2, 0.25) is 5.91 Å². The molecule has 0 fully saturated rings. The predicted octanol–water partition coefficient (Wildman–Crippen LogP) is 7.14. The minimum Gasteiger partial charge on any atom is -0.356 e. The Morgan fingerprint density at radius 1 is 0.679 bits per heavy atom. The SMILES string of the molecule is CCCCCCCCCCCCCCCCCC(=O)NCCCC(C)NCC. The van der Waals surface area contributed by atoms with Crippen molar-refractivity contribution in [3.63, 3.8) is 0 Å². The quantitative estimate of drug-likeness (QED) is 0.191. The lowest BCUT2D eigenvalue weighted by Crippen LogP contribution is -2.28. The average Bonchev–Trinajstić information content (AvgIpc) is 2.68. The van der Waals surface area contributed by atoms with Gasteiger partial charge in [0.15, 0.2) is 0 Å². The van der Waals surface area contributed by atoms with Gasteiger partial charge in [0.05, 0.1) is 0 Å². The molecule has 3 nitrogen and oxygen atoms in total. The molecule has 3 heteroatoms. The molecule has 1 unspecified atom stereocenters. The number of nitrogens with one attached hydrogen (secondary N) is 2. The van der Waals surface area contributed by atoms with Crippen LogP contribution in [0, 0.1) is 0 Å². The van der Waals surface area contributed by atoms with Crippen LogP contribution in [0.15, 0.2) is 0 Å². The Labute approximate surface area is 177 Å². The van der Waals surface area contributed by atoms with E-state index in [1.807, 2.05) is 0 Å². The Morgan fingerprint density at radius 2 is 1.14 bits per heavy atom. The van der Waals surface area contributed by atoms with Crippen molar-refractivity contribution in [2.75, 3.05) is 13.1 Å². The third-order valence-electron chi connectivity index (χ3n) is 5.70. The largest absolute Gasteiger partial charge is 0.356 e. The third-order valence-corrected chi connectivity index (χ3v) is 5.70. The number of carbonyl (C=O) groups excluding carboxylic acids is 1. The molecule has 0 aliphatic rings. The zero-order valence-electron chi connectivity index (χ0n) is 19.6. The molecule has 2 N–H and O–H groups in total. The van der Waals surface area contributed by atoms with Gasteiger partial charge < -0.3 is 10.6 Å². The molecular formula is C25H52N2O. The molecule has 0 heterocycles. The van der Waals surface area contributed by atoms with Gasteiger partial charge in [-0.05, 0) is 32.7 Å². The number of rotatable bonds is 22. The smallest absolute Gasteiger partial charge is 0.219 e. The van der Waals surface area contributed by atoms with Gasteiger partial charge in [-0.25, -0.2) is 0 Å². The Kier molecular flexibility index (Phi) is 22.3. The Hall–Kier alpha value is -0.570. The van der Waals surface area contributed by atoms with Crippen LogP contribution in [-0.2, 0) is 4.79 Å². The lowest BCUT2D eigenvalue weighted by atomic mass is 10.0. The lowest BCUT2D eigenvalue weighted by molar-refractivity contribution is -0.121. The molecule has 0 aliphatic carbocycles. The highest BCUT2D eigenvalue weighted by Crippen LogP contribution is 2.13. The normalized spacial score (nSPS) is 12.2. The van der Waals surface area contributed by atoms with Crippen molar-refractivity contribution in [2.45, 2.75) is 142 Å². The predicted molar refractivity (Wildman–Crippen MR) is 125 cm³/mol. The van der Waals surface area contributed by atoms with Gasteiger partial charge in [-0.1, -0.05) is 104 Å². The maximum Gasteiger partial charge on any atom is 0.219 e. The van der Waals surface area contributed by atoms with Crippen molar-refractivity contribution in [1.29, 1.82) is 0 Å². The minimum absolute atomic E-state index is 0.241. The molecule has 0 aromatic heterocycles. The first-order valence-corrected chi connectivity index (χ1v) is 12.7. The fourth-order valence-corrected chi connectivity index (χ4v) is 3.83. The second-order valence-electron chi connectivity index (χ2n) is 8.65. The standard InChI is InChI=1S/C25H52N2O/c1-4-6-7-8-9-10-11-12-13-14-15-16-17-18-19-22-25(28)27-23-20-21-24(3)26-5-2/h24,26H,4-23H2,1-3H3,(H,27,28). The van der Waals surface area contributed by atoms with E-state index in [1.54, 1.807) is 0 Å². The summed E-state index contributed by atoms with van der Waals surface area (Å²) in [6.07, 6.45) is 23.4. The van der Waals surface area contributed by atoms with E-state index in [4.69, 9.17) is 0 Å². The molecule has 28 heavy (non-hydrogen) atoms. The molecule has 1 atom stereocenters. The first-order valence-electron chi connectivity index (χ1n) is 12.7. The Bertz CT molecular complexity index is 320. The molecule has 1 amide bonds. The van der Waals surface area contributed by atoms with Gasteiger partial charge in [-0.2, -0.15) is 0 Å². The summed E-state index contributed by atoms with van der Waals surface area (Å²) in [5.74, 6) is 0.241. The van der Waals surface area contributed by atoms with Crippen molar-refractivity contribution in [3.8, 4) is 0 Å². The number of hydrogen-bond donors (Lipinski definition) is 2. The molecule has 0 radical (unpaired) electrons. The number of unbranched alkanes of at least 4 members (excludes halogenated alkanes) is 14. The van der Waals surface area contributed by atoms with Crippen LogP contribution in [0.25, 0.3) is 0 Å². The van der Waals surface area contributed by atoms with Crippen LogP contribution in [0.5, 0.6) is 0 Å².